The van der Waals surface area contributed by atoms with Crippen LogP contribution in [0, 0.1) is 0 Å². The normalized spacial score (nSPS) is 12.7. The Hall–Kier alpha value is -0.960. The fourth-order valence-electron chi connectivity index (χ4n) is 1.64. The molecule has 0 aromatic carbocycles. The Labute approximate surface area is 92.1 Å². The maximum absolute atomic E-state index is 6.03. The van der Waals surface area contributed by atoms with E-state index in [1.54, 1.807) is 0 Å². The van der Waals surface area contributed by atoms with E-state index in [2.05, 4.69) is 16.9 Å². The first-order valence-corrected chi connectivity index (χ1v) is 5.85. The fourth-order valence-corrected chi connectivity index (χ4v) is 1.64. The molecular formula is C12H21N3. The first kappa shape index (κ1) is 12.1. The van der Waals surface area contributed by atoms with Crippen molar-refractivity contribution in [1.82, 2.24) is 9.97 Å². The standard InChI is InChI=1S/C12H21N3/c1-2-3-4-5-6-7-12(13)11-8-14-10-15-9-11/h8-10,12H,2-7,13H2,1H3. The van der Waals surface area contributed by atoms with Gasteiger partial charge in [0.15, 0.2) is 0 Å². The predicted molar refractivity (Wildman–Crippen MR) is 62.3 cm³/mol. The van der Waals surface area contributed by atoms with E-state index in [0.29, 0.717) is 0 Å². The minimum atomic E-state index is 0.104. The van der Waals surface area contributed by atoms with Crippen LogP contribution in [0.25, 0.3) is 0 Å². The zero-order valence-corrected chi connectivity index (χ0v) is 9.52. The highest BCUT2D eigenvalue weighted by Crippen LogP contribution is 2.15. The summed E-state index contributed by atoms with van der Waals surface area (Å²) in [5.41, 5.74) is 7.08. The van der Waals surface area contributed by atoms with Gasteiger partial charge < -0.3 is 5.73 Å². The molecule has 1 rings (SSSR count). The van der Waals surface area contributed by atoms with Gasteiger partial charge in [-0.1, -0.05) is 39.0 Å². The monoisotopic (exact) mass is 207 g/mol. The van der Waals surface area contributed by atoms with E-state index >= 15 is 0 Å². The number of unbranched alkanes of at least 4 members (excludes halogenated alkanes) is 4. The molecule has 0 amide bonds. The Balaban J connectivity index is 2.16. The van der Waals surface area contributed by atoms with E-state index < -0.39 is 0 Å². The van der Waals surface area contributed by atoms with Crippen LogP contribution in [0.5, 0.6) is 0 Å². The molecule has 0 fully saturated rings. The van der Waals surface area contributed by atoms with Crippen LogP contribution in [-0.4, -0.2) is 9.97 Å². The topological polar surface area (TPSA) is 51.8 Å². The Bertz CT molecular complexity index is 248. The molecule has 0 aliphatic rings. The molecule has 0 bridgehead atoms. The smallest absolute Gasteiger partial charge is 0.115 e. The SMILES string of the molecule is CCCCCCCC(N)c1cncnc1. The van der Waals surface area contributed by atoms with Crippen LogP contribution in [-0.2, 0) is 0 Å². The average molecular weight is 207 g/mol. The Morgan fingerprint density at radius 2 is 1.80 bits per heavy atom. The third kappa shape index (κ3) is 4.88. The molecule has 0 saturated carbocycles. The van der Waals surface area contributed by atoms with Crippen molar-refractivity contribution in [3.8, 4) is 0 Å². The predicted octanol–water partition coefficient (Wildman–Crippen LogP) is 2.84. The molecule has 15 heavy (non-hydrogen) atoms. The van der Waals surface area contributed by atoms with Crippen molar-refractivity contribution in [2.75, 3.05) is 0 Å². The van der Waals surface area contributed by atoms with Crippen molar-refractivity contribution in [3.63, 3.8) is 0 Å². The van der Waals surface area contributed by atoms with Gasteiger partial charge in [-0.05, 0) is 6.42 Å². The number of hydrogen-bond donors (Lipinski definition) is 1. The minimum Gasteiger partial charge on any atom is -0.324 e. The summed E-state index contributed by atoms with van der Waals surface area (Å²) in [6, 6.07) is 0.104. The highest BCUT2D eigenvalue weighted by atomic mass is 14.8. The van der Waals surface area contributed by atoms with Crippen LogP contribution in [0.15, 0.2) is 18.7 Å². The van der Waals surface area contributed by atoms with Gasteiger partial charge in [-0.15, -0.1) is 0 Å². The first-order valence-electron chi connectivity index (χ1n) is 5.85. The largest absolute Gasteiger partial charge is 0.324 e. The van der Waals surface area contributed by atoms with Crippen molar-refractivity contribution in [3.05, 3.63) is 24.3 Å². The zero-order valence-electron chi connectivity index (χ0n) is 9.52. The fraction of sp³-hybridized carbons (Fsp3) is 0.667. The summed E-state index contributed by atoms with van der Waals surface area (Å²) in [6.07, 6.45) is 12.6. The molecule has 0 aliphatic heterocycles. The van der Waals surface area contributed by atoms with Crippen molar-refractivity contribution in [2.24, 2.45) is 5.73 Å². The van der Waals surface area contributed by atoms with Crippen LogP contribution in [0.2, 0.25) is 0 Å². The third-order valence-corrected chi connectivity index (χ3v) is 2.63. The van der Waals surface area contributed by atoms with Crippen molar-refractivity contribution < 1.29 is 0 Å². The third-order valence-electron chi connectivity index (χ3n) is 2.63. The molecule has 1 aromatic rings. The molecule has 2 N–H and O–H groups in total. The highest BCUT2D eigenvalue weighted by Gasteiger charge is 2.05. The Morgan fingerprint density at radius 1 is 1.13 bits per heavy atom. The summed E-state index contributed by atoms with van der Waals surface area (Å²) in [6.45, 7) is 2.23. The second kappa shape index (κ2) is 7.35. The summed E-state index contributed by atoms with van der Waals surface area (Å²) >= 11 is 0. The van der Waals surface area contributed by atoms with Crippen LogP contribution in [0.1, 0.15) is 57.1 Å². The highest BCUT2D eigenvalue weighted by molar-refractivity contribution is 5.07. The number of aromatic nitrogens is 2. The summed E-state index contributed by atoms with van der Waals surface area (Å²) in [5.74, 6) is 0. The zero-order chi connectivity index (χ0) is 10.9. The second-order valence-corrected chi connectivity index (χ2v) is 3.98. The van der Waals surface area contributed by atoms with Crippen LogP contribution in [0.3, 0.4) is 0 Å². The van der Waals surface area contributed by atoms with E-state index in [9.17, 15) is 0 Å². The number of nitrogens with two attached hydrogens (primary N) is 1. The van der Waals surface area contributed by atoms with Crippen molar-refractivity contribution in [2.45, 2.75) is 51.5 Å². The summed E-state index contributed by atoms with van der Waals surface area (Å²) in [7, 11) is 0. The van der Waals surface area contributed by atoms with Crippen molar-refractivity contribution >= 4 is 0 Å². The summed E-state index contributed by atoms with van der Waals surface area (Å²) in [5, 5.41) is 0. The van der Waals surface area contributed by atoms with E-state index in [1.807, 2.05) is 12.4 Å². The number of hydrogen-bond acceptors (Lipinski definition) is 3. The van der Waals surface area contributed by atoms with E-state index in [4.69, 9.17) is 5.73 Å². The van der Waals surface area contributed by atoms with E-state index in [1.165, 1.54) is 38.4 Å². The van der Waals surface area contributed by atoms with Gasteiger partial charge in [-0.3, -0.25) is 0 Å². The molecule has 1 heterocycles. The first-order chi connectivity index (χ1) is 7.34. The lowest BCUT2D eigenvalue weighted by atomic mass is 10.0. The maximum atomic E-state index is 6.03. The maximum Gasteiger partial charge on any atom is 0.115 e. The van der Waals surface area contributed by atoms with Gasteiger partial charge in [-0.25, -0.2) is 9.97 Å². The minimum absolute atomic E-state index is 0.104. The van der Waals surface area contributed by atoms with Crippen LogP contribution < -0.4 is 5.73 Å². The van der Waals surface area contributed by atoms with E-state index in [0.717, 1.165) is 12.0 Å². The molecule has 3 nitrogen and oxygen atoms in total. The van der Waals surface area contributed by atoms with Gasteiger partial charge in [-0.2, -0.15) is 0 Å². The number of rotatable bonds is 7. The van der Waals surface area contributed by atoms with Gasteiger partial charge in [0, 0.05) is 24.0 Å². The van der Waals surface area contributed by atoms with Gasteiger partial charge in [0.05, 0.1) is 0 Å². The van der Waals surface area contributed by atoms with Crippen LogP contribution in [0.4, 0.5) is 0 Å². The van der Waals surface area contributed by atoms with Gasteiger partial charge in [0.2, 0.25) is 0 Å². The number of nitrogens with zero attached hydrogens (tertiary/aromatic N) is 2. The van der Waals surface area contributed by atoms with Gasteiger partial charge >= 0.3 is 0 Å². The second-order valence-electron chi connectivity index (χ2n) is 3.98. The van der Waals surface area contributed by atoms with Crippen molar-refractivity contribution in [1.29, 1.82) is 0 Å². The molecule has 1 atom stereocenters. The quantitative estimate of drug-likeness (QED) is 0.699. The Kier molecular flexibility index (Phi) is 5.93. The molecule has 0 saturated heterocycles. The van der Waals surface area contributed by atoms with Gasteiger partial charge in [0.25, 0.3) is 0 Å². The lowest BCUT2D eigenvalue weighted by molar-refractivity contribution is 0.553. The molecule has 3 heteroatoms. The summed E-state index contributed by atoms with van der Waals surface area (Å²) in [4.78, 5) is 7.94. The lowest BCUT2D eigenvalue weighted by Gasteiger charge is -2.10. The van der Waals surface area contributed by atoms with Crippen LogP contribution >= 0.6 is 0 Å². The average Bonchev–Trinajstić information content (AvgIpc) is 2.30. The Morgan fingerprint density at radius 3 is 2.47 bits per heavy atom. The molecule has 1 aromatic heterocycles. The lowest BCUT2D eigenvalue weighted by Crippen LogP contribution is -2.10. The van der Waals surface area contributed by atoms with Gasteiger partial charge in [0.1, 0.15) is 6.33 Å². The summed E-state index contributed by atoms with van der Waals surface area (Å²) < 4.78 is 0. The molecule has 0 radical (unpaired) electrons. The molecule has 0 aliphatic carbocycles. The molecule has 0 spiro atoms. The molecular weight excluding hydrogens is 186 g/mol. The van der Waals surface area contributed by atoms with E-state index in [-0.39, 0.29) is 6.04 Å². The molecule has 1 unspecified atom stereocenters. The molecule has 84 valence electrons.